The van der Waals surface area contributed by atoms with E-state index in [1.807, 2.05) is 0 Å². The molecule has 76 valence electrons. The Morgan fingerprint density at radius 2 is 2.13 bits per heavy atom. The summed E-state index contributed by atoms with van der Waals surface area (Å²) in [5, 5.41) is 0.956. The first kappa shape index (κ1) is 9.93. The van der Waals surface area contributed by atoms with Crippen molar-refractivity contribution in [1.82, 2.24) is 4.57 Å². The topological polar surface area (TPSA) is 39.1 Å². The van der Waals surface area contributed by atoms with Crippen molar-refractivity contribution in [2.75, 3.05) is 0 Å². The van der Waals surface area contributed by atoms with E-state index in [0.717, 1.165) is 5.52 Å². The fraction of sp³-hybridized carbons (Fsp3) is 0.0909. The van der Waals surface area contributed by atoms with E-state index >= 15 is 0 Å². The number of pyridine rings is 1. The number of hydrogen-bond acceptors (Lipinski definition) is 2. The van der Waals surface area contributed by atoms with Crippen LogP contribution in [0.25, 0.3) is 10.9 Å². The van der Waals surface area contributed by atoms with E-state index in [4.69, 9.17) is 11.6 Å². The first-order valence-electron chi connectivity index (χ1n) is 4.37. The summed E-state index contributed by atoms with van der Waals surface area (Å²) in [5.41, 5.74) is 0.628. The zero-order valence-corrected chi connectivity index (χ0v) is 8.78. The second kappa shape index (κ2) is 3.51. The molecule has 0 saturated carbocycles. The van der Waals surface area contributed by atoms with Gasteiger partial charge in [0.15, 0.2) is 11.7 Å². The van der Waals surface area contributed by atoms with Crippen LogP contribution in [-0.2, 0) is 7.05 Å². The zero-order chi connectivity index (χ0) is 11.0. The van der Waals surface area contributed by atoms with Crippen molar-refractivity contribution in [1.29, 1.82) is 0 Å². The van der Waals surface area contributed by atoms with Gasteiger partial charge in [0.1, 0.15) is 0 Å². The Hall–Kier alpha value is -1.61. The van der Waals surface area contributed by atoms with E-state index < -0.39 is 0 Å². The lowest BCUT2D eigenvalue weighted by Crippen LogP contribution is -2.12. The number of nitrogens with zero attached hydrogens (tertiary/aromatic N) is 1. The summed E-state index contributed by atoms with van der Waals surface area (Å²) in [6.45, 7) is 0. The van der Waals surface area contributed by atoms with Gasteiger partial charge in [-0.2, -0.15) is 0 Å². The van der Waals surface area contributed by atoms with Crippen molar-refractivity contribution in [2.24, 2.45) is 7.05 Å². The molecule has 0 aliphatic heterocycles. The van der Waals surface area contributed by atoms with E-state index in [1.54, 1.807) is 29.8 Å². The average Bonchev–Trinajstić information content (AvgIpc) is 2.23. The van der Waals surface area contributed by atoms with Crippen LogP contribution in [0.2, 0.25) is 5.02 Å². The minimum Gasteiger partial charge on any atom is -0.350 e. The summed E-state index contributed by atoms with van der Waals surface area (Å²) in [4.78, 5) is 22.4. The maximum Gasteiger partial charge on any atom is 0.199 e. The summed E-state index contributed by atoms with van der Waals surface area (Å²) in [6.07, 6.45) is 2.08. The molecule has 2 aromatic rings. The summed E-state index contributed by atoms with van der Waals surface area (Å²) in [5.74, 6) is 0. The fourth-order valence-corrected chi connectivity index (χ4v) is 1.75. The van der Waals surface area contributed by atoms with E-state index in [-0.39, 0.29) is 11.0 Å². The number of carbonyl (C=O) groups is 1. The number of rotatable bonds is 1. The first-order valence-corrected chi connectivity index (χ1v) is 4.75. The van der Waals surface area contributed by atoms with Gasteiger partial charge in [0.2, 0.25) is 0 Å². The van der Waals surface area contributed by atoms with Gasteiger partial charge in [0, 0.05) is 23.7 Å². The Balaban J connectivity index is 3.01. The number of benzene rings is 1. The van der Waals surface area contributed by atoms with Crippen LogP contribution >= 0.6 is 11.6 Å². The normalized spacial score (nSPS) is 10.5. The molecule has 1 aromatic carbocycles. The highest BCUT2D eigenvalue weighted by molar-refractivity contribution is 6.31. The van der Waals surface area contributed by atoms with Crippen molar-refractivity contribution in [3.8, 4) is 0 Å². The minimum absolute atomic E-state index is 0.146. The molecule has 0 aliphatic rings. The van der Waals surface area contributed by atoms with Crippen molar-refractivity contribution in [2.45, 2.75) is 0 Å². The highest BCUT2D eigenvalue weighted by atomic mass is 35.5. The van der Waals surface area contributed by atoms with Gasteiger partial charge in [0.25, 0.3) is 0 Å². The van der Waals surface area contributed by atoms with Gasteiger partial charge in [-0.3, -0.25) is 9.59 Å². The van der Waals surface area contributed by atoms with Crippen LogP contribution in [0.4, 0.5) is 0 Å². The van der Waals surface area contributed by atoms with Gasteiger partial charge in [-0.15, -0.1) is 0 Å². The van der Waals surface area contributed by atoms with E-state index in [0.29, 0.717) is 16.7 Å². The molecule has 0 N–H and O–H groups in total. The van der Waals surface area contributed by atoms with Gasteiger partial charge < -0.3 is 4.57 Å². The maximum atomic E-state index is 11.8. The lowest BCUT2D eigenvalue weighted by molar-refractivity contribution is 0.112. The highest BCUT2D eigenvalue weighted by Gasteiger charge is 2.06. The van der Waals surface area contributed by atoms with Crippen LogP contribution in [0, 0.1) is 0 Å². The molecule has 1 heterocycles. The molecule has 2 rings (SSSR count). The highest BCUT2D eigenvalue weighted by Crippen LogP contribution is 2.16. The van der Waals surface area contributed by atoms with Crippen LogP contribution in [0.1, 0.15) is 10.4 Å². The van der Waals surface area contributed by atoms with Crippen LogP contribution in [0.15, 0.2) is 29.2 Å². The van der Waals surface area contributed by atoms with Gasteiger partial charge in [-0.25, -0.2) is 0 Å². The number of carbonyl (C=O) groups excluding carboxylic acids is 1. The molecule has 0 spiro atoms. The van der Waals surface area contributed by atoms with E-state index in [2.05, 4.69) is 0 Å². The molecule has 0 saturated heterocycles. The number of aldehydes is 1. The third-order valence-corrected chi connectivity index (χ3v) is 2.54. The standard InChI is InChI=1S/C11H8ClNO2/c1-13-5-7(6-14)11(15)9-4-8(12)2-3-10(9)13/h2-6H,1H3. The second-order valence-corrected chi connectivity index (χ2v) is 3.74. The minimum atomic E-state index is -0.277. The average molecular weight is 222 g/mol. The van der Waals surface area contributed by atoms with Crippen molar-refractivity contribution in [3.05, 3.63) is 45.2 Å². The number of fused-ring (bicyclic) bond motifs is 1. The quantitative estimate of drug-likeness (QED) is 0.691. The Kier molecular flexibility index (Phi) is 2.32. The monoisotopic (exact) mass is 221 g/mol. The third-order valence-electron chi connectivity index (χ3n) is 2.31. The molecule has 0 atom stereocenters. The van der Waals surface area contributed by atoms with Gasteiger partial charge in [-0.1, -0.05) is 11.6 Å². The smallest absolute Gasteiger partial charge is 0.199 e. The predicted molar refractivity (Wildman–Crippen MR) is 59.6 cm³/mol. The summed E-state index contributed by atoms with van der Waals surface area (Å²) in [7, 11) is 1.78. The molecule has 3 nitrogen and oxygen atoms in total. The molecule has 4 heteroatoms. The maximum absolute atomic E-state index is 11.8. The molecule has 0 amide bonds. The SMILES string of the molecule is Cn1cc(C=O)c(=O)c2cc(Cl)ccc21. The Morgan fingerprint density at radius 3 is 2.80 bits per heavy atom. The van der Waals surface area contributed by atoms with Crippen molar-refractivity contribution >= 4 is 28.8 Å². The molecular weight excluding hydrogens is 214 g/mol. The second-order valence-electron chi connectivity index (χ2n) is 3.30. The fourth-order valence-electron chi connectivity index (χ4n) is 1.57. The molecule has 0 unspecified atom stereocenters. The lowest BCUT2D eigenvalue weighted by Gasteiger charge is -2.05. The Bertz CT molecular complexity index is 601. The Morgan fingerprint density at radius 1 is 1.40 bits per heavy atom. The van der Waals surface area contributed by atoms with Crippen LogP contribution in [-0.4, -0.2) is 10.9 Å². The van der Waals surface area contributed by atoms with Crippen LogP contribution < -0.4 is 5.43 Å². The van der Waals surface area contributed by atoms with Crippen LogP contribution in [0.5, 0.6) is 0 Å². The first-order chi connectivity index (χ1) is 7.13. The number of aromatic nitrogens is 1. The van der Waals surface area contributed by atoms with Gasteiger partial charge in [0.05, 0.1) is 11.1 Å². The van der Waals surface area contributed by atoms with Gasteiger partial charge in [-0.05, 0) is 18.2 Å². The zero-order valence-electron chi connectivity index (χ0n) is 8.03. The lowest BCUT2D eigenvalue weighted by atomic mass is 10.1. The summed E-state index contributed by atoms with van der Waals surface area (Å²) >= 11 is 5.80. The molecule has 1 aromatic heterocycles. The van der Waals surface area contributed by atoms with E-state index in [9.17, 15) is 9.59 Å². The van der Waals surface area contributed by atoms with Crippen molar-refractivity contribution in [3.63, 3.8) is 0 Å². The van der Waals surface area contributed by atoms with Gasteiger partial charge >= 0.3 is 0 Å². The molecule has 0 fully saturated rings. The molecular formula is C11H8ClNO2. The Labute approximate surface area is 90.9 Å². The predicted octanol–water partition coefficient (Wildman–Crippen LogP) is 2.00. The third kappa shape index (κ3) is 1.55. The van der Waals surface area contributed by atoms with Crippen LogP contribution in [0.3, 0.4) is 0 Å². The number of hydrogen-bond donors (Lipinski definition) is 0. The van der Waals surface area contributed by atoms with E-state index in [1.165, 1.54) is 6.20 Å². The van der Waals surface area contributed by atoms with Crippen molar-refractivity contribution < 1.29 is 4.79 Å². The molecule has 0 radical (unpaired) electrons. The summed E-state index contributed by atoms with van der Waals surface area (Å²) in [6, 6.07) is 5.05. The molecule has 15 heavy (non-hydrogen) atoms. The largest absolute Gasteiger partial charge is 0.350 e. The number of aryl methyl sites for hydroxylation is 1. The number of halogens is 1. The molecule has 0 aliphatic carbocycles. The molecule has 0 bridgehead atoms. The summed E-state index contributed by atoms with van der Waals surface area (Å²) < 4.78 is 1.73.